The van der Waals surface area contributed by atoms with Crippen LogP contribution in [0.1, 0.15) is 30.6 Å². The van der Waals surface area contributed by atoms with Crippen LogP contribution in [-0.4, -0.2) is 24.0 Å². The molecule has 0 aliphatic heterocycles. The lowest BCUT2D eigenvalue weighted by Gasteiger charge is -2.21. The van der Waals surface area contributed by atoms with Crippen LogP contribution in [0, 0.1) is 5.41 Å². The summed E-state index contributed by atoms with van der Waals surface area (Å²) >= 11 is 0. The van der Waals surface area contributed by atoms with Crippen molar-refractivity contribution in [1.82, 2.24) is 0 Å². The molecule has 0 aromatic heterocycles. The van der Waals surface area contributed by atoms with Crippen LogP contribution in [0.15, 0.2) is 24.3 Å². The first-order valence-corrected chi connectivity index (χ1v) is 5.28. The first-order valence-electron chi connectivity index (χ1n) is 5.28. The summed E-state index contributed by atoms with van der Waals surface area (Å²) in [6.45, 7) is 3.24. The predicted molar refractivity (Wildman–Crippen MR) is 63.4 cm³/mol. The molecule has 0 aliphatic carbocycles. The van der Waals surface area contributed by atoms with E-state index < -0.39 is 11.4 Å². The number of Topliss-reactive ketones (excluding diaryl/α,β-unsaturated/α-hetero) is 1. The quantitative estimate of drug-likeness (QED) is 0.797. The molecule has 4 nitrogen and oxygen atoms in total. The number of hydrogen-bond acceptors (Lipinski definition) is 3. The molecule has 0 bridgehead atoms. The third kappa shape index (κ3) is 3.06. The van der Waals surface area contributed by atoms with E-state index in [9.17, 15) is 9.59 Å². The maximum atomic E-state index is 12.2. The van der Waals surface area contributed by atoms with Crippen molar-refractivity contribution in [2.75, 3.05) is 7.11 Å². The van der Waals surface area contributed by atoms with Crippen LogP contribution in [0.5, 0.6) is 5.75 Å². The van der Waals surface area contributed by atoms with E-state index in [-0.39, 0.29) is 12.2 Å². The molecular weight excluding hydrogens is 220 g/mol. The van der Waals surface area contributed by atoms with Crippen molar-refractivity contribution in [2.24, 2.45) is 5.41 Å². The van der Waals surface area contributed by atoms with Crippen LogP contribution in [0.4, 0.5) is 0 Å². The van der Waals surface area contributed by atoms with E-state index in [1.54, 1.807) is 38.1 Å². The molecule has 17 heavy (non-hydrogen) atoms. The molecule has 0 fully saturated rings. The first-order chi connectivity index (χ1) is 7.88. The molecule has 1 aromatic carbocycles. The van der Waals surface area contributed by atoms with Crippen LogP contribution >= 0.6 is 0 Å². The fraction of sp³-hybridized carbons (Fsp3) is 0.385. The standard InChI is InChI=1S/C13H16O4/c1-13(2,8-11(14)15)12(16)9-6-4-5-7-10(9)17-3/h4-7H,8H2,1-3H3,(H,14,15). The zero-order chi connectivity index (χ0) is 13.1. The number of carbonyl (C=O) groups is 2. The van der Waals surface area contributed by atoms with E-state index in [2.05, 4.69) is 0 Å². The first kappa shape index (κ1) is 13.2. The zero-order valence-electron chi connectivity index (χ0n) is 10.2. The fourth-order valence-corrected chi connectivity index (χ4v) is 1.66. The van der Waals surface area contributed by atoms with Crippen molar-refractivity contribution in [3.05, 3.63) is 29.8 Å². The average Bonchev–Trinajstić information content (AvgIpc) is 2.26. The Morgan fingerprint density at radius 3 is 2.41 bits per heavy atom. The fourth-order valence-electron chi connectivity index (χ4n) is 1.66. The zero-order valence-corrected chi connectivity index (χ0v) is 10.2. The Kier molecular flexibility index (Phi) is 3.89. The molecule has 92 valence electrons. The lowest BCUT2D eigenvalue weighted by molar-refractivity contribution is -0.138. The number of carboxylic acid groups (broad SMARTS) is 1. The SMILES string of the molecule is COc1ccccc1C(=O)C(C)(C)CC(=O)O. The van der Waals surface area contributed by atoms with Gasteiger partial charge in [0.15, 0.2) is 5.78 Å². The molecule has 0 atom stereocenters. The van der Waals surface area contributed by atoms with Crippen LogP contribution in [0.3, 0.4) is 0 Å². The highest BCUT2D eigenvalue weighted by atomic mass is 16.5. The highest BCUT2D eigenvalue weighted by Crippen LogP contribution is 2.30. The number of methoxy groups -OCH3 is 1. The van der Waals surface area contributed by atoms with Gasteiger partial charge in [0.25, 0.3) is 0 Å². The summed E-state index contributed by atoms with van der Waals surface area (Å²) in [5.74, 6) is -0.744. The Hall–Kier alpha value is -1.84. The summed E-state index contributed by atoms with van der Waals surface area (Å²) in [5.41, 5.74) is -0.526. The molecule has 0 spiro atoms. The van der Waals surface area contributed by atoms with Gasteiger partial charge in [0.05, 0.1) is 19.1 Å². The third-order valence-corrected chi connectivity index (χ3v) is 2.56. The molecule has 1 rings (SSSR count). The van der Waals surface area contributed by atoms with Gasteiger partial charge in [-0.2, -0.15) is 0 Å². The van der Waals surface area contributed by atoms with Gasteiger partial charge in [0.2, 0.25) is 0 Å². The molecule has 0 unspecified atom stereocenters. The van der Waals surface area contributed by atoms with Gasteiger partial charge in [0.1, 0.15) is 5.75 Å². The Morgan fingerprint density at radius 1 is 1.29 bits per heavy atom. The van der Waals surface area contributed by atoms with E-state index in [4.69, 9.17) is 9.84 Å². The Morgan fingerprint density at radius 2 is 1.88 bits per heavy atom. The number of ether oxygens (including phenoxy) is 1. The van der Waals surface area contributed by atoms with E-state index >= 15 is 0 Å². The summed E-state index contributed by atoms with van der Waals surface area (Å²) in [5, 5.41) is 8.79. The van der Waals surface area contributed by atoms with Gasteiger partial charge in [-0.1, -0.05) is 26.0 Å². The highest BCUT2D eigenvalue weighted by molar-refractivity contribution is 6.03. The highest BCUT2D eigenvalue weighted by Gasteiger charge is 2.32. The normalized spacial score (nSPS) is 11.0. The summed E-state index contributed by atoms with van der Waals surface area (Å²) in [4.78, 5) is 23.0. The Balaban J connectivity index is 3.07. The topological polar surface area (TPSA) is 63.6 Å². The minimum absolute atomic E-state index is 0.204. The van der Waals surface area contributed by atoms with Crippen molar-refractivity contribution in [2.45, 2.75) is 20.3 Å². The molecule has 0 saturated carbocycles. The number of ketones is 1. The second-order valence-corrected chi connectivity index (χ2v) is 4.48. The van der Waals surface area contributed by atoms with Gasteiger partial charge in [-0.25, -0.2) is 0 Å². The molecule has 0 amide bonds. The van der Waals surface area contributed by atoms with Crippen LogP contribution in [0.25, 0.3) is 0 Å². The maximum Gasteiger partial charge on any atom is 0.304 e. The van der Waals surface area contributed by atoms with Gasteiger partial charge in [0, 0.05) is 5.41 Å². The van der Waals surface area contributed by atoms with Gasteiger partial charge >= 0.3 is 5.97 Å². The van der Waals surface area contributed by atoms with Gasteiger partial charge in [-0.3, -0.25) is 9.59 Å². The van der Waals surface area contributed by atoms with Gasteiger partial charge in [-0.15, -0.1) is 0 Å². The summed E-state index contributed by atoms with van der Waals surface area (Å²) in [6.07, 6.45) is -0.204. The third-order valence-electron chi connectivity index (χ3n) is 2.56. The molecule has 0 radical (unpaired) electrons. The minimum atomic E-state index is -0.988. The molecule has 4 heteroatoms. The molecule has 1 N–H and O–H groups in total. The molecule has 0 saturated heterocycles. The van der Waals surface area contributed by atoms with Gasteiger partial charge < -0.3 is 9.84 Å². The monoisotopic (exact) mass is 236 g/mol. The van der Waals surface area contributed by atoms with Crippen molar-refractivity contribution >= 4 is 11.8 Å². The lowest BCUT2D eigenvalue weighted by Crippen LogP contribution is -2.27. The average molecular weight is 236 g/mol. The van der Waals surface area contributed by atoms with E-state index in [1.165, 1.54) is 7.11 Å². The number of carbonyl (C=O) groups excluding carboxylic acids is 1. The lowest BCUT2D eigenvalue weighted by atomic mass is 9.81. The predicted octanol–water partition coefficient (Wildman–Crippen LogP) is 2.38. The Bertz CT molecular complexity index is 435. The van der Waals surface area contributed by atoms with Crippen molar-refractivity contribution in [3.63, 3.8) is 0 Å². The van der Waals surface area contributed by atoms with Crippen molar-refractivity contribution in [1.29, 1.82) is 0 Å². The summed E-state index contributed by atoms with van der Waals surface area (Å²) < 4.78 is 5.10. The van der Waals surface area contributed by atoms with Crippen molar-refractivity contribution < 1.29 is 19.4 Å². The Labute approximate surface area is 100 Å². The molecule has 0 aliphatic rings. The largest absolute Gasteiger partial charge is 0.496 e. The molecular formula is C13H16O4. The number of rotatable bonds is 5. The van der Waals surface area contributed by atoms with Crippen molar-refractivity contribution in [3.8, 4) is 5.75 Å². The summed E-state index contributed by atoms with van der Waals surface area (Å²) in [7, 11) is 1.48. The van der Waals surface area contributed by atoms with Crippen LogP contribution in [0.2, 0.25) is 0 Å². The van der Waals surface area contributed by atoms with E-state index in [0.29, 0.717) is 11.3 Å². The second-order valence-electron chi connectivity index (χ2n) is 4.48. The number of benzene rings is 1. The van der Waals surface area contributed by atoms with Crippen LogP contribution < -0.4 is 4.74 Å². The van der Waals surface area contributed by atoms with Gasteiger partial charge in [-0.05, 0) is 12.1 Å². The maximum absolute atomic E-state index is 12.2. The number of carboxylic acids is 1. The molecule has 1 aromatic rings. The van der Waals surface area contributed by atoms with Crippen LogP contribution in [-0.2, 0) is 4.79 Å². The summed E-state index contributed by atoms with van der Waals surface area (Å²) in [6, 6.07) is 6.82. The van der Waals surface area contributed by atoms with E-state index in [0.717, 1.165) is 0 Å². The second kappa shape index (κ2) is 4.99. The smallest absolute Gasteiger partial charge is 0.304 e. The minimum Gasteiger partial charge on any atom is -0.496 e. The number of aliphatic carboxylic acids is 1. The van der Waals surface area contributed by atoms with E-state index in [1.807, 2.05) is 0 Å². The number of hydrogen-bond donors (Lipinski definition) is 1. The molecule has 0 heterocycles. The number of para-hydroxylation sites is 1.